The monoisotopic (exact) mass is 307 g/mol. The standard InChI is InChI=1S/C18H13NO4/c1-22-12-3-5-15-14(8-12)10(9-19-15)6-17-18(21)13-4-2-11(20)7-16(13)23-17/h2-9,19-20H,1H3/b17-6+. The number of phenolic OH excluding ortho intramolecular Hbond substituents is 1. The number of carbonyl (C=O) groups excluding carboxylic acids is 1. The summed E-state index contributed by atoms with van der Waals surface area (Å²) in [5, 5.41) is 10.4. The summed E-state index contributed by atoms with van der Waals surface area (Å²) in [7, 11) is 1.61. The highest BCUT2D eigenvalue weighted by atomic mass is 16.5. The second-order valence-electron chi connectivity index (χ2n) is 5.28. The van der Waals surface area contributed by atoms with E-state index in [4.69, 9.17) is 9.47 Å². The van der Waals surface area contributed by atoms with Crippen molar-refractivity contribution in [3.05, 3.63) is 59.5 Å². The molecule has 1 aliphatic rings. The molecular formula is C18H13NO4. The van der Waals surface area contributed by atoms with Gasteiger partial charge < -0.3 is 19.6 Å². The number of rotatable bonds is 2. The van der Waals surface area contributed by atoms with Crippen LogP contribution < -0.4 is 9.47 Å². The quantitative estimate of drug-likeness (QED) is 0.711. The third-order valence-corrected chi connectivity index (χ3v) is 3.86. The summed E-state index contributed by atoms with van der Waals surface area (Å²) >= 11 is 0. The zero-order valence-corrected chi connectivity index (χ0v) is 12.3. The lowest BCUT2D eigenvalue weighted by atomic mass is 10.1. The average molecular weight is 307 g/mol. The van der Waals surface area contributed by atoms with Crippen LogP contribution in [0.4, 0.5) is 0 Å². The fourth-order valence-corrected chi connectivity index (χ4v) is 2.68. The van der Waals surface area contributed by atoms with Gasteiger partial charge in [0, 0.05) is 28.7 Å². The minimum Gasteiger partial charge on any atom is -0.508 e. The van der Waals surface area contributed by atoms with Crippen LogP contribution in [0, 0.1) is 0 Å². The van der Waals surface area contributed by atoms with Gasteiger partial charge in [-0.1, -0.05) is 0 Å². The second kappa shape index (κ2) is 4.91. The molecule has 0 atom stereocenters. The smallest absolute Gasteiger partial charge is 0.231 e. The fourth-order valence-electron chi connectivity index (χ4n) is 2.68. The van der Waals surface area contributed by atoms with Crippen molar-refractivity contribution in [2.45, 2.75) is 0 Å². The van der Waals surface area contributed by atoms with Crippen LogP contribution in [0.3, 0.4) is 0 Å². The molecule has 5 nitrogen and oxygen atoms in total. The van der Waals surface area contributed by atoms with Crippen molar-refractivity contribution in [1.82, 2.24) is 4.98 Å². The minimum absolute atomic E-state index is 0.0645. The molecule has 1 aromatic heterocycles. The number of fused-ring (bicyclic) bond motifs is 2. The minimum atomic E-state index is -0.197. The van der Waals surface area contributed by atoms with E-state index >= 15 is 0 Å². The number of hydrogen-bond donors (Lipinski definition) is 2. The van der Waals surface area contributed by atoms with Crippen LogP contribution in [-0.2, 0) is 0 Å². The van der Waals surface area contributed by atoms with Crippen LogP contribution in [0.5, 0.6) is 17.2 Å². The summed E-state index contributed by atoms with van der Waals surface area (Å²) in [5.41, 5.74) is 2.23. The number of aromatic amines is 1. The molecule has 3 aromatic rings. The van der Waals surface area contributed by atoms with E-state index in [0.717, 1.165) is 22.2 Å². The van der Waals surface area contributed by atoms with Gasteiger partial charge in [-0.3, -0.25) is 4.79 Å². The number of allylic oxidation sites excluding steroid dienone is 1. The topological polar surface area (TPSA) is 71.6 Å². The van der Waals surface area contributed by atoms with E-state index < -0.39 is 0 Å². The molecular weight excluding hydrogens is 294 g/mol. The summed E-state index contributed by atoms with van der Waals surface area (Å²) in [5.74, 6) is 1.21. The van der Waals surface area contributed by atoms with E-state index in [2.05, 4.69) is 4.98 Å². The summed E-state index contributed by atoms with van der Waals surface area (Å²) in [6.45, 7) is 0. The number of aromatic hydroxyl groups is 1. The van der Waals surface area contributed by atoms with Gasteiger partial charge in [-0.25, -0.2) is 0 Å². The normalized spacial score (nSPS) is 15.0. The molecule has 114 valence electrons. The maximum atomic E-state index is 12.4. The lowest BCUT2D eigenvalue weighted by Gasteiger charge is -2.00. The van der Waals surface area contributed by atoms with E-state index in [0.29, 0.717) is 11.3 Å². The molecule has 5 heteroatoms. The van der Waals surface area contributed by atoms with Crippen molar-refractivity contribution in [2.24, 2.45) is 0 Å². The highest BCUT2D eigenvalue weighted by Crippen LogP contribution is 2.35. The number of H-pyrrole nitrogens is 1. The first-order chi connectivity index (χ1) is 11.2. The van der Waals surface area contributed by atoms with Crippen LogP contribution in [0.15, 0.2) is 48.4 Å². The number of Topliss-reactive ketones (excluding diaryl/α,β-unsaturated/α-hetero) is 1. The molecule has 0 bridgehead atoms. The molecule has 0 amide bonds. The molecule has 23 heavy (non-hydrogen) atoms. The van der Waals surface area contributed by atoms with E-state index in [1.165, 1.54) is 12.1 Å². The number of methoxy groups -OCH3 is 1. The van der Waals surface area contributed by atoms with Crippen molar-refractivity contribution >= 4 is 22.8 Å². The van der Waals surface area contributed by atoms with E-state index in [-0.39, 0.29) is 17.3 Å². The number of ether oxygens (including phenoxy) is 2. The molecule has 0 fully saturated rings. The number of hydrogen-bond acceptors (Lipinski definition) is 4. The molecule has 2 N–H and O–H groups in total. The Bertz CT molecular complexity index is 968. The van der Waals surface area contributed by atoms with Crippen LogP contribution in [0.1, 0.15) is 15.9 Å². The first kappa shape index (κ1) is 13.5. The molecule has 1 aliphatic heterocycles. The van der Waals surface area contributed by atoms with Gasteiger partial charge in [0.25, 0.3) is 0 Å². The van der Waals surface area contributed by atoms with Crippen molar-refractivity contribution < 1.29 is 19.4 Å². The van der Waals surface area contributed by atoms with Gasteiger partial charge in [0.2, 0.25) is 5.78 Å². The maximum Gasteiger partial charge on any atom is 0.231 e. The number of carbonyl (C=O) groups is 1. The lowest BCUT2D eigenvalue weighted by molar-refractivity contribution is 0.101. The predicted molar refractivity (Wildman–Crippen MR) is 85.9 cm³/mol. The first-order valence-corrected chi connectivity index (χ1v) is 7.08. The number of phenols is 1. The van der Waals surface area contributed by atoms with Crippen molar-refractivity contribution in [3.63, 3.8) is 0 Å². The Kier molecular flexibility index (Phi) is 2.87. The van der Waals surface area contributed by atoms with Crippen molar-refractivity contribution in [1.29, 1.82) is 0 Å². The molecule has 0 saturated heterocycles. The third-order valence-electron chi connectivity index (χ3n) is 3.86. The van der Waals surface area contributed by atoms with Crippen LogP contribution >= 0.6 is 0 Å². The lowest BCUT2D eigenvalue weighted by Crippen LogP contribution is -1.97. The van der Waals surface area contributed by atoms with E-state index in [1.807, 2.05) is 24.4 Å². The summed E-state index contributed by atoms with van der Waals surface area (Å²) in [6, 6.07) is 10.2. The Morgan fingerprint density at radius 3 is 2.91 bits per heavy atom. The first-order valence-electron chi connectivity index (χ1n) is 7.08. The van der Waals surface area contributed by atoms with Crippen molar-refractivity contribution in [3.8, 4) is 17.2 Å². The third kappa shape index (κ3) is 2.14. The van der Waals surface area contributed by atoms with Gasteiger partial charge in [0.15, 0.2) is 5.76 Å². The zero-order valence-electron chi connectivity index (χ0n) is 12.3. The molecule has 0 saturated carbocycles. The Hall–Kier alpha value is -3.21. The average Bonchev–Trinajstić information content (AvgIpc) is 3.09. The molecule has 0 radical (unpaired) electrons. The fraction of sp³-hybridized carbons (Fsp3) is 0.0556. The Balaban J connectivity index is 1.78. The SMILES string of the molecule is COc1ccc2[nH]cc(/C=C3/Oc4cc(O)ccc4C3=O)c2c1. The molecule has 0 aliphatic carbocycles. The van der Waals surface area contributed by atoms with Gasteiger partial charge >= 0.3 is 0 Å². The van der Waals surface area contributed by atoms with Gasteiger partial charge in [-0.15, -0.1) is 0 Å². The molecule has 4 rings (SSSR count). The number of ketones is 1. The van der Waals surface area contributed by atoms with Gasteiger partial charge in [0.1, 0.15) is 17.2 Å². The number of aromatic nitrogens is 1. The van der Waals surface area contributed by atoms with E-state index in [9.17, 15) is 9.90 Å². The Labute approximate surface area is 131 Å². The van der Waals surface area contributed by atoms with E-state index in [1.54, 1.807) is 19.3 Å². The van der Waals surface area contributed by atoms with Crippen LogP contribution in [-0.4, -0.2) is 23.0 Å². The van der Waals surface area contributed by atoms with Gasteiger partial charge in [-0.05, 0) is 36.4 Å². The maximum absolute atomic E-state index is 12.4. The van der Waals surface area contributed by atoms with Crippen LogP contribution in [0.25, 0.3) is 17.0 Å². The largest absolute Gasteiger partial charge is 0.508 e. The Morgan fingerprint density at radius 1 is 1.22 bits per heavy atom. The summed E-state index contributed by atoms with van der Waals surface area (Å²) in [6.07, 6.45) is 3.51. The number of nitrogens with one attached hydrogen (secondary N) is 1. The Morgan fingerprint density at radius 2 is 2.09 bits per heavy atom. The molecule has 2 aromatic carbocycles. The van der Waals surface area contributed by atoms with Crippen LogP contribution in [0.2, 0.25) is 0 Å². The van der Waals surface area contributed by atoms with Gasteiger partial charge in [-0.2, -0.15) is 0 Å². The number of benzene rings is 2. The van der Waals surface area contributed by atoms with Crippen molar-refractivity contribution in [2.75, 3.05) is 7.11 Å². The zero-order chi connectivity index (χ0) is 16.0. The summed E-state index contributed by atoms with van der Waals surface area (Å²) < 4.78 is 10.8. The molecule has 0 spiro atoms. The highest BCUT2D eigenvalue weighted by molar-refractivity contribution is 6.15. The van der Waals surface area contributed by atoms with Gasteiger partial charge in [0.05, 0.1) is 12.7 Å². The molecule has 0 unspecified atom stereocenters. The summed E-state index contributed by atoms with van der Waals surface area (Å²) in [4.78, 5) is 15.5. The highest BCUT2D eigenvalue weighted by Gasteiger charge is 2.27. The molecule has 2 heterocycles. The second-order valence-corrected chi connectivity index (χ2v) is 5.28. The predicted octanol–water partition coefficient (Wildman–Crippen LogP) is 3.50.